The summed E-state index contributed by atoms with van der Waals surface area (Å²) in [7, 11) is 2.17. The maximum atomic E-state index is 11.7. The molecule has 0 saturated carbocycles. The molecule has 6 rings (SSSR count). The molecule has 1 aromatic carbocycles. The van der Waals surface area contributed by atoms with Gasteiger partial charge in [0.25, 0.3) is 0 Å². The van der Waals surface area contributed by atoms with Crippen LogP contribution in [0, 0.1) is 23.0 Å². The smallest absolute Gasteiger partial charge is 0.342 e. The molecule has 0 unspecified atom stereocenters. The number of aryl methyl sites for hydroxylation is 1. The van der Waals surface area contributed by atoms with E-state index in [9.17, 15) is 19.7 Å². The summed E-state index contributed by atoms with van der Waals surface area (Å²) in [6, 6.07) is 4.28. The lowest BCUT2D eigenvalue weighted by atomic mass is 9.53. The van der Waals surface area contributed by atoms with Crippen LogP contribution in [0.3, 0.4) is 0 Å². The fourth-order valence-electron chi connectivity index (χ4n) is 6.72. The monoisotopic (exact) mass is 540 g/mol. The number of carbonyl (C=O) groups excluding carboxylic acids is 2. The number of aromatic nitrogens is 2. The Bertz CT molecular complexity index is 1350. The minimum Gasteiger partial charge on any atom is -0.481 e. The van der Waals surface area contributed by atoms with Gasteiger partial charge in [-0.2, -0.15) is 0 Å². The largest absolute Gasteiger partial charge is 0.481 e. The van der Waals surface area contributed by atoms with E-state index in [1.807, 2.05) is 12.1 Å². The SMILES string of the molecule is CC(=O)Oc1ccc2c3c1O[C@H]1[C@@H](OC(C)=O)C=C[C@H]4[C@@H](C2)N(C)CC[C@@]341.Cc1ncc([N+](=O)[O-])n1CCO. The number of hydrogen-bond acceptors (Lipinski definition) is 10. The molecule has 3 heterocycles. The summed E-state index contributed by atoms with van der Waals surface area (Å²) < 4.78 is 18.9. The number of likely N-dealkylation sites (tertiary alicyclic amines) is 1. The van der Waals surface area contributed by atoms with Crippen LogP contribution < -0.4 is 9.47 Å². The Balaban J connectivity index is 0.000000217. The molecule has 1 spiro atoms. The molecule has 39 heavy (non-hydrogen) atoms. The van der Waals surface area contributed by atoms with Crippen LogP contribution >= 0.6 is 0 Å². The predicted molar refractivity (Wildman–Crippen MR) is 137 cm³/mol. The molecule has 1 fully saturated rings. The first kappa shape index (κ1) is 26.8. The lowest BCUT2D eigenvalue weighted by Crippen LogP contribution is -2.65. The third kappa shape index (κ3) is 4.37. The first-order valence-electron chi connectivity index (χ1n) is 12.9. The Morgan fingerprint density at radius 1 is 1.28 bits per heavy atom. The van der Waals surface area contributed by atoms with E-state index in [-0.39, 0.29) is 48.3 Å². The summed E-state index contributed by atoms with van der Waals surface area (Å²) in [6.07, 6.45) is 6.49. The number of aliphatic hydroxyl groups is 1. The van der Waals surface area contributed by atoms with Gasteiger partial charge in [0.05, 0.1) is 6.61 Å². The molecule has 1 N–H and O–H groups in total. The van der Waals surface area contributed by atoms with Crippen molar-refractivity contribution in [2.75, 3.05) is 20.2 Å². The van der Waals surface area contributed by atoms with E-state index < -0.39 is 11.0 Å². The van der Waals surface area contributed by atoms with Crippen molar-refractivity contribution < 1.29 is 33.8 Å². The number of aliphatic hydroxyl groups excluding tert-OH is 1. The number of ether oxygens (including phenoxy) is 3. The molecule has 2 aliphatic carbocycles. The molecule has 2 aromatic rings. The summed E-state index contributed by atoms with van der Waals surface area (Å²) in [5.41, 5.74) is 2.15. The number of piperidine rings is 1. The number of hydrogen-bond donors (Lipinski definition) is 1. The van der Waals surface area contributed by atoms with Crippen molar-refractivity contribution in [3.05, 3.63) is 57.5 Å². The Labute approximate surface area is 225 Å². The fourth-order valence-corrected chi connectivity index (χ4v) is 6.72. The highest BCUT2D eigenvalue weighted by molar-refractivity contribution is 5.73. The molecule has 4 aliphatic rings. The van der Waals surface area contributed by atoms with E-state index in [4.69, 9.17) is 19.3 Å². The van der Waals surface area contributed by atoms with Crippen molar-refractivity contribution in [1.82, 2.24) is 14.5 Å². The lowest BCUT2D eigenvalue weighted by molar-refractivity contribution is -0.392. The van der Waals surface area contributed by atoms with E-state index in [1.54, 1.807) is 6.92 Å². The summed E-state index contributed by atoms with van der Waals surface area (Å²) in [6.45, 7) is 5.51. The zero-order valence-electron chi connectivity index (χ0n) is 22.3. The van der Waals surface area contributed by atoms with Gasteiger partial charge in [0.15, 0.2) is 23.4 Å². The summed E-state index contributed by atoms with van der Waals surface area (Å²) in [5.74, 6) is 1.17. The Hall–Kier alpha value is -3.77. The van der Waals surface area contributed by atoms with Gasteiger partial charge in [0.2, 0.25) is 0 Å². The van der Waals surface area contributed by atoms with Crippen LogP contribution in [0.2, 0.25) is 0 Å². The van der Waals surface area contributed by atoms with Crippen LogP contribution in [0.25, 0.3) is 0 Å². The van der Waals surface area contributed by atoms with E-state index in [0.29, 0.717) is 23.4 Å². The van der Waals surface area contributed by atoms with Gasteiger partial charge in [-0.15, -0.1) is 0 Å². The van der Waals surface area contributed by atoms with Crippen molar-refractivity contribution in [2.24, 2.45) is 5.92 Å². The van der Waals surface area contributed by atoms with E-state index in [0.717, 1.165) is 24.9 Å². The molecule has 12 heteroatoms. The molecule has 0 radical (unpaired) electrons. The number of likely N-dealkylation sites (N-methyl/N-ethyl adjacent to an activating group) is 1. The van der Waals surface area contributed by atoms with Crippen LogP contribution in [-0.4, -0.2) is 74.9 Å². The highest BCUT2D eigenvalue weighted by Gasteiger charge is 2.65. The maximum Gasteiger partial charge on any atom is 0.342 e. The van der Waals surface area contributed by atoms with E-state index >= 15 is 0 Å². The fraction of sp³-hybridized carbons (Fsp3) is 0.519. The van der Waals surface area contributed by atoms with Crippen LogP contribution in [0.5, 0.6) is 11.5 Å². The second-order valence-electron chi connectivity index (χ2n) is 10.4. The minimum absolute atomic E-state index is 0.0819. The van der Waals surface area contributed by atoms with Crippen LogP contribution in [0.1, 0.15) is 37.2 Å². The number of rotatable bonds is 5. The molecule has 1 aromatic heterocycles. The van der Waals surface area contributed by atoms with Crippen molar-refractivity contribution >= 4 is 17.8 Å². The van der Waals surface area contributed by atoms with Crippen molar-refractivity contribution in [3.8, 4) is 11.5 Å². The third-order valence-corrected chi connectivity index (χ3v) is 8.22. The molecule has 5 atom stereocenters. The van der Waals surface area contributed by atoms with Crippen LogP contribution in [-0.2, 0) is 32.7 Å². The molecule has 12 nitrogen and oxygen atoms in total. The zero-order valence-corrected chi connectivity index (χ0v) is 22.3. The first-order chi connectivity index (χ1) is 18.6. The lowest BCUT2D eigenvalue weighted by Gasteiger charge is -2.56. The average molecular weight is 541 g/mol. The van der Waals surface area contributed by atoms with Gasteiger partial charge < -0.3 is 34.3 Å². The van der Waals surface area contributed by atoms with E-state index in [1.165, 1.54) is 30.2 Å². The van der Waals surface area contributed by atoms with Gasteiger partial charge in [-0.1, -0.05) is 12.1 Å². The molecule has 2 bridgehead atoms. The normalized spacial score (nSPS) is 27.5. The second kappa shape index (κ2) is 10.1. The molecular formula is C27H32N4O8. The number of nitro groups is 1. The molecule has 208 valence electrons. The van der Waals surface area contributed by atoms with Crippen molar-refractivity contribution in [2.45, 2.75) is 63.8 Å². The quantitative estimate of drug-likeness (QED) is 0.197. The van der Waals surface area contributed by atoms with Gasteiger partial charge in [-0.3, -0.25) is 9.59 Å². The Morgan fingerprint density at radius 2 is 2.05 bits per heavy atom. The number of esters is 2. The molecule has 2 aliphatic heterocycles. The Kier molecular flexibility index (Phi) is 6.93. The zero-order chi connectivity index (χ0) is 28.1. The van der Waals surface area contributed by atoms with Crippen molar-refractivity contribution in [3.63, 3.8) is 0 Å². The first-order valence-corrected chi connectivity index (χ1v) is 12.9. The summed E-state index contributed by atoms with van der Waals surface area (Å²) in [4.78, 5) is 39.3. The van der Waals surface area contributed by atoms with Gasteiger partial charge in [0, 0.05) is 43.7 Å². The summed E-state index contributed by atoms with van der Waals surface area (Å²) in [5, 5.41) is 19.0. The van der Waals surface area contributed by atoms with Gasteiger partial charge >= 0.3 is 17.8 Å². The summed E-state index contributed by atoms with van der Waals surface area (Å²) >= 11 is 0. The van der Waals surface area contributed by atoms with Gasteiger partial charge in [-0.25, -0.2) is 9.55 Å². The van der Waals surface area contributed by atoms with Crippen LogP contribution in [0.4, 0.5) is 5.82 Å². The molecular weight excluding hydrogens is 508 g/mol. The average Bonchev–Trinajstić information content (AvgIpc) is 3.42. The number of benzene rings is 1. The molecule has 1 saturated heterocycles. The highest BCUT2D eigenvalue weighted by atomic mass is 16.6. The highest BCUT2D eigenvalue weighted by Crippen LogP contribution is 2.62. The van der Waals surface area contributed by atoms with Gasteiger partial charge in [-0.05, 0) is 49.1 Å². The van der Waals surface area contributed by atoms with E-state index in [2.05, 4.69) is 29.1 Å². The third-order valence-electron chi connectivity index (χ3n) is 8.22. The minimum atomic E-state index is -0.518. The number of imidazole rings is 1. The topological polar surface area (TPSA) is 146 Å². The predicted octanol–water partition coefficient (Wildman–Crippen LogP) is 2.08. The Morgan fingerprint density at radius 3 is 2.72 bits per heavy atom. The number of carbonyl (C=O) groups is 2. The van der Waals surface area contributed by atoms with Gasteiger partial charge in [0.1, 0.15) is 18.8 Å². The number of nitrogens with zero attached hydrogens (tertiary/aromatic N) is 4. The maximum absolute atomic E-state index is 11.7. The standard InChI is InChI=1S/C21H23NO5.C6H9N3O3/c1-11(23)25-16-6-4-13-10-15-14-5-7-17(26-12(2)24)20-21(14,8-9-22(15)3)18(13)19(16)27-20;1-5-7-4-6(9(11)12)8(5)2-3-10/h4-7,14-15,17,20H,8-10H2,1-3H3;4,10H,2-3H2,1H3/t14-,15+,17-,20-,21-;/m0./s1. The second-order valence-corrected chi connectivity index (χ2v) is 10.4. The van der Waals surface area contributed by atoms with Crippen LogP contribution in [0.15, 0.2) is 30.5 Å². The van der Waals surface area contributed by atoms with Crippen molar-refractivity contribution in [1.29, 1.82) is 0 Å². The molecule has 0 amide bonds.